The molecule has 7 nitrogen and oxygen atoms in total. The van der Waals surface area contributed by atoms with Crippen LogP contribution in [0.1, 0.15) is 40.8 Å². The molecule has 0 unspecified atom stereocenters. The number of nitrogens with zero attached hydrogens (tertiary/aromatic N) is 6. The number of hydrogen-bond acceptors (Lipinski definition) is 8. The number of piperazine rings is 1. The highest BCUT2D eigenvalue weighted by atomic mass is 32.1. The van der Waals surface area contributed by atoms with Crippen LogP contribution >= 0.6 is 11.3 Å². The van der Waals surface area contributed by atoms with Crippen LogP contribution in [0.4, 0.5) is 5.82 Å². The minimum absolute atomic E-state index is 0.0477. The summed E-state index contributed by atoms with van der Waals surface area (Å²) in [5, 5.41) is 12.7. The number of anilines is 1. The molecule has 1 saturated heterocycles. The molecule has 0 N–H and O–H groups in total. The highest BCUT2D eigenvalue weighted by molar-refractivity contribution is 7.14. The van der Waals surface area contributed by atoms with Gasteiger partial charge in [-0.05, 0) is 36.7 Å². The van der Waals surface area contributed by atoms with E-state index in [0.29, 0.717) is 11.5 Å². The van der Waals surface area contributed by atoms with Crippen LogP contribution in [0.15, 0.2) is 48.8 Å². The summed E-state index contributed by atoms with van der Waals surface area (Å²) >= 11 is 1.62. The lowest BCUT2D eigenvalue weighted by Crippen LogP contribution is -2.44. The minimum atomic E-state index is 0.0477. The Balaban J connectivity index is 1.35. The van der Waals surface area contributed by atoms with Gasteiger partial charge in [-0.2, -0.15) is 0 Å². The first-order chi connectivity index (χ1) is 16.5. The average molecular weight is 473 g/mol. The summed E-state index contributed by atoms with van der Waals surface area (Å²) in [4.78, 5) is 26.7. The first-order valence-corrected chi connectivity index (χ1v) is 12.4. The van der Waals surface area contributed by atoms with E-state index in [1.165, 1.54) is 0 Å². The van der Waals surface area contributed by atoms with E-state index in [2.05, 4.69) is 63.0 Å². The second-order valence-corrected chi connectivity index (χ2v) is 10.1. The molecule has 0 bridgehead atoms. The van der Waals surface area contributed by atoms with Crippen LogP contribution in [0.2, 0.25) is 0 Å². The van der Waals surface area contributed by atoms with Crippen LogP contribution in [0.5, 0.6) is 0 Å². The standard InChI is InChI=1S/C26H28N6OS/c1-17(2)25-29-30-26(34-25)19-4-5-20-16-28-22(13-21(20)12-19)15-23(33)18-6-7-27-24(14-18)32-10-8-31(3)9-11-32/h4-7,12-14,16-17H,8-11,15H2,1-3H3. The number of carbonyl (C=O) groups excluding carboxylic acids is 1. The quantitative estimate of drug-likeness (QED) is 0.384. The molecular weight excluding hydrogens is 444 g/mol. The molecular formula is C26H28N6OS. The smallest absolute Gasteiger partial charge is 0.169 e. The van der Waals surface area contributed by atoms with Crippen molar-refractivity contribution in [3.05, 3.63) is 65.1 Å². The van der Waals surface area contributed by atoms with E-state index >= 15 is 0 Å². The molecule has 3 aromatic heterocycles. The molecule has 4 aromatic rings. The Labute approximate surface area is 203 Å². The monoisotopic (exact) mass is 472 g/mol. The number of fused-ring (bicyclic) bond motifs is 1. The molecule has 34 heavy (non-hydrogen) atoms. The number of hydrogen-bond donors (Lipinski definition) is 0. The largest absolute Gasteiger partial charge is 0.354 e. The van der Waals surface area contributed by atoms with Crippen molar-refractivity contribution in [1.29, 1.82) is 0 Å². The Morgan fingerprint density at radius 2 is 1.82 bits per heavy atom. The van der Waals surface area contributed by atoms with E-state index in [1.807, 2.05) is 24.4 Å². The van der Waals surface area contributed by atoms with Crippen molar-refractivity contribution in [2.45, 2.75) is 26.2 Å². The Morgan fingerprint density at radius 3 is 2.59 bits per heavy atom. The van der Waals surface area contributed by atoms with E-state index in [0.717, 1.165) is 64.0 Å². The zero-order valence-corrected chi connectivity index (χ0v) is 20.5. The minimum Gasteiger partial charge on any atom is -0.354 e. The fraction of sp³-hybridized carbons (Fsp3) is 0.346. The number of pyridine rings is 2. The van der Waals surface area contributed by atoms with Crippen LogP contribution in [0.25, 0.3) is 21.3 Å². The van der Waals surface area contributed by atoms with Gasteiger partial charge < -0.3 is 9.80 Å². The summed E-state index contributed by atoms with van der Waals surface area (Å²) in [6.45, 7) is 8.08. The zero-order chi connectivity index (χ0) is 23.7. The lowest BCUT2D eigenvalue weighted by atomic mass is 10.0. The maximum absolute atomic E-state index is 13.1. The topological polar surface area (TPSA) is 75.1 Å². The molecule has 1 aliphatic heterocycles. The normalized spacial score (nSPS) is 14.8. The second-order valence-electron chi connectivity index (χ2n) is 9.13. The molecule has 1 fully saturated rings. The van der Waals surface area contributed by atoms with Gasteiger partial charge in [0, 0.05) is 66.7 Å². The molecule has 4 heterocycles. The summed E-state index contributed by atoms with van der Waals surface area (Å²) in [6.07, 6.45) is 3.82. The SMILES string of the molecule is CC(C)c1nnc(-c2ccc3cnc(CC(=O)c4ccnc(N5CCN(C)CC5)c4)cc3c2)s1. The molecule has 5 rings (SSSR count). The first-order valence-electron chi connectivity index (χ1n) is 11.6. The van der Waals surface area contributed by atoms with Gasteiger partial charge in [0.2, 0.25) is 0 Å². The van der Waals surface area contributed by atoms with Crippen molar-refractivity contribution in [2.24, 2.45) is 0 Å². The second kappa shape index (κ2) is 9.56. The summed E-state index contributed by atoms with van der Waals surface area (Å²) in [7, 11) is 2.13. The summed E-state index contributed by atoms with van der Waals surface area (Å²) in [5.41, 5.74) is 2.47. The molecule has 0 spiro atoms. The molecule has 8 heteroatoms. The van der Waals surface area contributed by atoms with Crippen LogP contribution in [0.3, 0.4) is 0 Å². The predicted octanol–water partition coefficient (Wildman–Crippen LogP) is 4.45. The summed E-state index contributed by atoms with van der Waals surface area (Å²) in [5.74, 6) is 1.28. The number of carbonyl (C=O) groups is 1. The number of likely N-dealkylation sites (N-methyl/N-ethyl adjacent to an activating group) is 1. The van der Waals surface area contributed by atoms with Crippen LogP contribution in [-0.2, 0) is 6.42 Å². The van der Waals surface area contributed by atoms with E-state index in [-0.39, 0.29) is 12.2 Å². The molecule has 0 atom stereocenters. The highest BCUT2D eigenvalue weighted by Gasteiger charge is 2.17. The fourth-order valence-electron chi connectivity index (χ4n) is 4.07. The van der Waals surface area contributed by atoms with E-state index in [1.54, 1.807) is 23.6 Å². The lowest BCUT2D eigenvalue weighted by molar-refractivity contribution is 0.0992. The van der Waals surface area contributed by atoms with E-state index in [9.17, 15) is 4.79 Å². The number of rotatable bonds is 6. The first kappa shape index (κ1) is 22.6. The number of Topliss-reactive ketones (excluding diaryl/α,β-unsaturated/α-hetero) is 1. The zero-order valence-electron chi connectivity index (χ0n) is 19.7. The molecule has 174 valence electrons. The predicted molar refractivity (Wildman–Crippen MR) is 137 cm³/mol. The number of ketones is 1. The third kappa shape index (κ3) is 4.83. The number of aromatic nitrogens is 4. The molecule has 0 saturated carbocycles. The van der Waals surface area contributed by atoms with Crippen LogP contribution in [-0.4, -0.2) is 64.1 Å². The van der Waals surface area contributed by atoms with Crippen molar-refractivity contribution in [1.82, 2.24) is 25.1 Å². The molecule has 1 aliphatic rings. The van der Waals surface area contributed by atoms with Gasteiger partial charge in [-0.25, -0.2) is 4.98 Å². The van der Waals surface area contributed by atoms with Crippen molar-refractivity contribution in [3.63, 3.8) is 0 Å². The van der Waals surface area contributed by atoms with Gasteiger partial charge in [-0.15, -0.1) is 10.2 Å². The van der Waals surface area contributed by atoms with Crippen molar-refractivity contribution >= 4 is 33.7 Å². The van der Waals surface area contributed by atoms with Gasteiger partial charge >= 0.3 is 0 Å². The average Bonchev–Trinajstić information content (AvgIpc) is 3.35. The summed E-state index contributed by atoms with van der Waals surface area (Å²) in [6, 6.07) is 11.9. The van der Waals surface area contributed by atoms with Crippen molar-refractivity contribution in [2.75, 3.05) is 38.1 Å². The molecule has 1 aromatic carbocycles. The van der Waals surface area contributed by atoms with Gasteiger partial charge in [-0.1, -0.05) is 37.3 Å². The van der Waals surface area contributed by atoms with Gasteiger partial charge in [-0.3, -0.25) is 9.78 Å². The Kier molecular flexibility index (Phi) is 6.34. The maximum atomic E-state index is 13.1. The molecule has 0 aliphatic carbocycles. The Hall–Kier alpha value is -3.23. The maximum Gasteiger partial charge on any atom is 0.169 e. The Morgan fingerprint density at radius 1 is 1.00 bits per heavy atom. The van der Waals surface area contributed by atoms with Crippen LogP contribution in [0, 0.1) is 0 Å². The van der Waals surface area contributed by atoms with E-state index < -0.39 is 0 Å². The third-order valence-electron chi connectivity index (χ3n) is 6.20. The van der Waals surface area contributed by atoms with Crippen molar-refractivity contribution in [3.8, 4) is 10.6 Å². The molecule has 0 amide bonds. The van der Waals surface area contributed by atoms with Crippen molar-refractivity contribution < 1.29 is 4.79 Å². The van der Waals surface area contributed by atoms with Crippen LogP contribution < -0.4 is 4.90 Å². The lowest BCUT2D eigenvalue weighted by Gasteiger charge is -2.33. The van der Waals surface area contributed by atoms with Gasteiger partial charge in [0.15, 0.2) is 5.78 Å². The third-order valence-corrected chi connectivity index (χ3v) is 7.47. The highest BCUT2D eigenvalue weighted by Crippen LogP contribution is 2.30. The molecule has 0 radical (unpaired) electrons. The number of benzene rings is 1. The van der Waals surface area contributed by atoms with Gasteiger partial charge in [0.05, 0.1) is 6.42 Å². The van der Waals surface area contributed by atoms with Gasteiger partial charge in [0.1, 0.15) is 15.8 Å². The Bertz CT molecular complexity index is 1330. The van der Waals surface area contributed by atoms with E-state index in [4.69, 9.17) is 0 Å². The summed E-state index contributed by atoms with van der Waals surface area (Å²) < 4.78 is 0. The fourth-order valence-corrected chi connectivity index (χ4v) is 4.91. The van der Waals surface area contributed by atoms with Gasteiger partial charge in [0.25, 0.3) is 0 Å².